The zero-order valence-electron chi connectivity index (χ0n) is 8.20. The van der Waals surface area contributed by atoms with Crippen LogP contribution in [0, 0.1) is 0 Å². The second kappa shape index (κ2) is 3.37. The Kier molecular flexibility index (Phi) is 2.03. The highest BCUT2D eigenvalue weighted by Gasteiger charge is 2.24. The maximum Gasteiger partial charge on any atom is 0.0859 e. The summed E-state index contributed by atoms with van der Waals surface area (Å²) >= 11 is 0. The molecule has 0 bridgehead atoms. The third-order valence-corrected chi connectivity index (χ3v) is 3.05. The van der Waals surface area contributed by atoms with Crippen molar-refractivity contribution >= 4 is 0 Å². The molecule has 4 heteroatoms. The van der Waals surface area contributed by atoms with Crippen molar-refractivity contribution in [2.24, 2.45) is 0 Å². The molecule has 3 rings (SSSR count). The lowest BCUT2D eigenvalue weighted by molar-refractivity contribution is 0.111. The van der Waals surface area contributed by atoms with Gasteiger partial charge in [0.05, 0.1) is 24.5 Å². The van der Waals surface area contributed by atoms with E-state index >= 15 is 0 Å². The molecule has 4 nitrogen and oxygen atoms in total. The summed E-state index contributed by atoms with van der Waals surface area (Å²) in [7, 11) is 0. The van der Waals surface area contributed by atoms with Gasteiger partial charge in [-0.3, -0.25) is 4.68 Å². The largest absolute Gasteiger partial charge is 0.373 e. The number of rotatable bonds is 1. The van der Waals surface area contributed by atoms with E-state index in [2.05, 4.69) is 15.1 Å². The molecule has 0 spiro atoms. The molecule has 1 aromatic rings. The van der Waals surface area contributed by atoms with E-state index in [0.29, 0.717) is 6.10 Å². The first-order valence-electron chi connectivity index (χ1n) is 5.32. The summed E-state index contributed by atoms with van der Waals surface area (Å²) in [5.41, 5.74) is 2.62. The van der Waals surface area contributed by atoms with E-state index in [1.807, 2.05) is 6.20 Å². The van der Waals surface area contributed by atoms with Crippen LogP contribution in [-0.4, -0.2) is 22.9 Å². The number of fused-ring (bicyclic) bond motifs is 1. The van der Waals surface area contributed by atoms with Crippen LogP contribution >= 0.6 is 0 Å². The quantitative estimate of drug-likeness (QED) is 0.718. The number of aromatic nitrogens is 2. The Morgan fingerprint density at radius 2 is 2.57 bits per heavy atom. The molecule has 1 saturated heterocycles. The molecule has 76 valence electrons. The van der Waals surface area contributed by atoms with E-state index in [9.17, 15) is 0 Å². The minimum absolute atomic E-state index is 0.304. The Balaban J connectivity index is 1.93. The van der Waals surface area contributed by atoms with Crippen molar-refractivity contribution in [1.82, 2.24) is 15.1 Å². The third-order valence-electron chi connectivity index (χ3n) is 3.05. The molecule has 0 radical (unpaired) electrons. The number of hydrogen-bond acceptors (Lipinski definition) is 3. The van der Waals surface area contributed by atoms with E-state index in [4.69, 9.17) is 4.74 Å². The standard InChI is InChI=1S/C10H15N3O/c1-2-10(14-5-1)8-6-12-13-4-3-11-7-9(8)13/h6,10-11H,1-5,7H2. The van der Waals surface area contributed by atoms with Gasteiger partial charge >= 0.3 is 0 Å². The zero-order valence-corrected chi connectivity index (χ0v) is 8.20. The van der Waals surface area contributed by atoms with Gasteiger partial charge in [-0.15, -0.1) is 0 Å². The van der Waals surface area contributed by atoms with E-state index in [1.165, 1.54) is 17.7 Å². The summed E-state index contributed by atoms with van der Waals surface area (Å²) in [4.78, 5) is 0. The van der Waals surface area contributed by atoms with Crippen LogP contribution in [0.1, 0.15) is 30.2 Å². The molecule has 3 heterocycles. The van der Waals surface area contributed by atoms with Gasteiger partial charge in [0.2, 0.25) is 0 Å². The molecule has 1 fully saturated rings. The summed E-state index contributed by atoms with van der Waals surface area (Å²) in [6, 6.07) is 0. The van der Waals surface area contributed by atoms with E-state index < -0.39 is 0 Å². The molecule has 1 unspecified atom stereocenters. The van der Waals surface area contributed by atoms with E-state index in [-0.39, 0.29) is 0 Å². The lowest BCUT2D eigenvalue weighted by Gasteiger charge is -2.18. The molecule has 0 amide bonds. The van der Waals surface area contributed by atoms with Crippen molar-refractivity contribution in [3.8, 4) is 0 Å². The molecule has 14 heavy (non-hydrogen) atoms. The lowest BCUT2D eigenvalue weighted by atomic mass is 10.1. The summed E-state index contributed by atoms with van der Waals surface area (Å²) in [5, 5.41) is 7.77. The van der Waals surface area contributed by atoms with Gasteiger partial charge in [-0.05, 0) is 12.8 Å². The minimum Gasteiger partial charge on any atom is -0.373 e. The van der Waals surface area contributed by atoms with Crippen LogP contribution in [0.2, 0.25) is 0 Å². The zero-order chi connectivity index (χ0) is 9.38. The van der Waals surface area contributed by atoms with Crippen molar-refractivity contribution < 1.29 is 4.74 Å². The van der Waals surface area contributed by atoms with Crippen molar-refractivity contribution in [3.05, 3.63) is 17.5 Å². The molecule has 0 aliphatic carbocycles. The molecule has 2 aliphatic heterocycles. The molecule has 1 aromatic heterocycles. The van der Waals surface area contributed by atoms with Gasteiger partial charge in [0.1, 0.15) is 0 Å². The molecule has 1 N–H and O–H groups in total. The minimum atomic E-state index is 0.304. The van der Waals surface area contributed by atoms with Crippen LogP contribution in [-0.2, 0) is 17.8 Å². The van der Waals surface area contributed by atoms with Gasteiger partial charge in [-0.25, -0.2) is 0 Å². The Bertz CT molecular complexity index is 328. The highest BCUT2D eigenvalue weighted by molar-refractivity contribution is 5.22. The molecular weight excluding hydrogens is 178 g/mol. The third kappa shape index (κ3) is 1.26. The van der Waals surface area contributed by atoms with Gasteiger partial charge in [0, 0.05) is 25.3 Å². The highest BCUT2D eigenvalue weighted by Crippen LogP contribution is 2.31. The maximum absolute atomic E-state index is 5.68. The van der Waals surface area contributed by atoms with Gasteiger partial charge in [0.25, 0.3) is 0 Å². The summed E-state index contributed by atoms with van der Waals surface area (Å²) in [5.74, 6) is 0. The van der Waals surface area contributed by atoms with Crippen molar-refractivity contribution in [2.45, 2.75) is 32.0 Å². The number of hydrogen-bond donors (Lipinski definition) is 1. The van der Waals surface area contributed by atoms with Crippen molar-refractivity contribution in [2.75, 3.05) is 13.2 Å². The van der Waals surface area contributed by atoms with Gasteiger partial charge in [0.15, 0.2) is 0 Å². The first kappa shape index (κ1) is 8.44. The van der Waals surface area contributed by atoms with Gasteiger partial charge in [-0.1, -0.05) is 0 Å². The smallest absolute Gasteiger partial charge is 0.0859 e. The van der Waals surface area contributed by atoms with Crippen LogP contribution in [0.4, 0.5) is 0 Å². The second-order valence-electron chi connectivity index (χ2n) is 3.95. The Morgan fingerprint density at radius 1 is 1.57 bits per heavy atom. The van der Waals surface area contributed by atoms with Crippen LogP contribution < -0.4 is 5.32 Å². The first-order chi connectivity index (χ1) is 6.95. The average molecular weight is 193 g/mol. The predicted octanol–water partition coefficient (Wildman–Crippen LogP) is 0.838. The number of nitrogens with one attached hydrogen (secondary N) is 1. The Hall–Kier alpha value is -0.870. The maximum atomic E-state index is 5.68. The van der Waals surface area contributed by atoms with Gasteiger partial charge < -0.3 is 10.1 Å². The van der Waals surface area contributed by atoms with Crippen LogP contribution in [0.25, 0.3) is 0 Å². The summed E-state index contributed by atoms with van der Waals surface area (Å²) < 4.78 is 7.79. The fourth-order valence-corrected chi connectivity index (χ4v) is 2.29. The molecular formula is C10H15N3O. The fraction of sp³-hybridized carbons (Fsp3) is 0.700. The fourth-order valence-electron chi connectivity index (χ4n) is 2.29. The normalized spacial score (nSPS) is 26.4. The second-order valence-corrected chi connectivity index (χ2v) is 3.95. The average Bonchev–Trinajstić information content (AvgIpc) is 2.85. The monoisotopic (exact) mass is 193 g/mol. The van der Waals surface area contributed by atoms with Crippen LogP contribution in [0.5, 0.6) is 0 Å². The molecule has 2 aliphatic rings. The van der Waals surface area contributed by atoms with E-state index in [1.54, 1.807) is 0 Å². The lowest BCUT2D eigenvalue weighted by Crippen LogP contribution is -2.29. The van der Waals surface area contributed by atoms with Crippen molar-refractivity contribution in [1.29, 1.82) is 0 Å². The topological polar surface area (TPSA) is 39.1 Å². The molecule has 0 aromatic carbocycles. The molecule has 0 saturated carbocycles. The number of nitrogens with zero attached hydrogens (tertiary/aromatic N) is 2. The van der Waals surface area contributed by atoms with Crippen molar-refractivity contribution in [3.63, 3.8) is 0 Å². The van der Waals surface area contributed by atoms with Crippen LogP contribution in [0.15, 0.2) is 6.20 Å². The molecule has 1 atom stereocenters. The van der Waals surface area contributed by atoms with E-state index in [0.717, 1.165) is 32.7 Å². The van der Waals surface area contributed by atoms with Crippen LogP contribution in [0.3, 0.4) is 0 Å². The summed E-state index contributed by atoms with van der Waals surface area (Å²) in [6.45, 7) is 3.86. The first-order valence-corrected chi connectivity index (χ1v) is 5.32. The number of ether oxygens (including phenoxy) is 1. The highest BCUT2D eigenvalue weighted by atomic mass is 16.5. The summed E-state index contributed by atoms with van der Waals surface area (Å²) in [6.07, 6.45) is 4.62. The Morgan fingerprint density at radius 3 is 3.43 bits per heavy atom. The Labute approximate surface area is 83.2 Å². The SMILES string of the molecule is c1nn2c(c1C1CCCO1)CNCC2. The predicted molar refractivity (Wildman–Crippen MR) is 51.9 cm³/mol. The van der Waals surface area contributed by atoms with Gasteiger partial charge in [-0.2, -0.15) is 5.10 Å².